The van der Waals surface area contributed by atoms with Crippen molar-refractivity contribution in [2.45, 2.75) is 26.2 Å². The average Bonchev–Trinajstić information content (AvgIpc) is 3.16. The molecule has 0 bridgehead atoms. The van der Waals surface area contributed by atoms with Gasteiger partial charge in [-0.25, -0.2) is 0 Å². The van der Waals surface area contributed by atoms with Gasteiger partial charge >= 0.3 is 0 Å². The molecule has 1 unspecified atom stereocenters. The Hall–Kier alpha value is -2.69. The maximum Gasteiger partial charge on any atom is 0.193 e. The fourth-order valence-electron chi connectivity index (χ4n) is 3.41. The van der Waals surface area contributed by atoms with E-state index in [1.165, 1.54) is 11.3 Å². The van der Waals surface area contributed by atoms with Gasteiger partial charge in [0.15, 0.2) is 5.96 Å². The first-order valence-corrected chi connectivity index (χ1v) is 9.61. The van der Waals surface area contributed by atoms with Crippen LogP contribution in [-0.4, -0.2) is 32.7 Å². The number of guanidine groups is 1. The maximum absolute atomic E-state index is 6.10. The number of nitrogens with zero attached hydrogens (tertiary/aromatic N) is 2. The molecule has 2 aromatic rings. The Kier molecular flexibility index (Phi) is 6.22. The zero-order chi connectivity index (χ0) is 19.2. The zero-order valence-corrected chi connectivity index (χ0v) is 16.5. The van der Waals surface area contributed by atoms with Crippen LogP contribution in [0.1, 0.15) is 31.7 Å². The molecule has 0 aromatic heterocycles. The Labute approximate surface area is 162 Å². The van der Waals surface area contributed by atoms with Crippen molar-refractivity contribution in [1.29, 1.82) is 0 Å². The minimum Gasteiger partial charge on any atom is -0.497 e. The van der Waals surface area contributed by atoms with Gasteiger partial charge in [-0.1, -0.05) is 32.0 Å². The molecule has 1 heterocycles. The first kappa shape index (κ1) is 19.1. The maximum atomic E-state index is 6.10. The van der Waals surface area contributed by atoms with E-state index in [4.69, 9.17) is 10.5 Å². The van der Waals surface area contributed by atoms with Crippen molar-refractivity contribution in [1.82, 2.24) is 0 Å². The van der Waals surface area contributed by atoms with E-state index in [1.54, 1.807) is 7.11 Å². The molecule has 1 aliphatic rings. The summed E-state index contributed by atoms with van der Waals surface area (Å²) in [6, 6.07) is 16.6. The van der Waals surface area contributed by atoms with E-state index in [0.717, 1.165) is 37.5 Å². The second kappa shape index (κ2) is 8.80. The van der Waals surface area contributed by atoms with Crippen molar-refractivity contribution in [2.24, 2.45) is 16.6 Å². The molecule has 3 N–H and O–H groups in total. The van der Waals surface area contributed by atoms with Gasteiger partial charge in [0.2, 0.25) is 0 Å². The number of methoxy groups -OCH3 is 1. The van der Waals surface area contributed by atoms with E-state index in [2.05, 4.69) is 53.3 Å². The molecule has 0 amide bonds. The molecule has 1 aliphatic heterocycles. The van der Waals surface area contributed by atoms with Crippen LogP contribution in [0.3, 0.4) is 0 Å². The molecule has 5 heteroatoms. The summed E-state index contributed by atoms with van der Waals surface area (Å²) in [5.74, 6) is 2.38. The van der Waals surface area contributed by atoms with Crippen molar-refractivity contribution >= 4 is 17.3 Å². The highest BCUT2D eigenvalue weighted by Crippen LogP contribution is 2.27. The van der Waals surface area contributed by atoms with Gasteiger partial charge in [-0.2, -0.15) is 0 Å². The van der Waals surface area contributed by atoms with Gasteiger partial charge < -0.3 is 20.7 Å². The van der Waals surface area contributed by atoms with E-state index in [0.29, 0.717) is 17.8 Å². The second-order valence-electron chi connectivity index (χ2n) is 7.43. The number of rotatable bonds is 6. The number of ether oxygens (including phenoxy) is 1. The fraction of sp³-hybridized carbons (Fsp3) is 0.409. The van der Waals surface area contributed by atoms with E-state index in [1.807, 2.05) is 24.3 Å². The van der Waals surface area contributed by atoms with E-state index in [-0.39, 0.29) is 0 Å². The van der Waals surface area contributed by atoms with Gasteiger partial charge in [-0.3, -0.25) is 4.99 Å². The van der Waals surface area contributed by atoms with Crippen LogP contribution < -0.4 is 20.7 Å². The third kappa shape index (κ3) is 5.16. The largest absolute Gasteiger partial charge is 0.497 e. The molecule has 2 aromatic carbocycles. The summed E-state index contributed by atoms with van der Waals surface area (Å²) in [7, 11) is 1.70. The Bertz CT molecular complexity index is 787. The quantitative estimate of drug-likeness (QED) is 0.597. The lowest BCUT2D eigenvalue weighted by atomic mass is 10.0. The van der Waals surface area contributed by atoms with E-state index >= 15 is 0 Å². The van der Waals surface area contributed by atoms with E-state index < -0.39 is 0 Å². The number of benzene rings is 2. The van der Waals surface area contributed by atoms with Gasteiger partial charge in [-0.05, 0) is 48.1 Å². The SMILES string of the molecule is COc1cccc(N2CCC(CN=C(N)Nc3cccc(C(C)C)c3)C2)c1. The lowest BCUT2D eigenvalue weighted by molar-refractivity contribution is 0.415. The summed E-state index contributed by atoms with van der Waals surface area (Å²) in [5, 5.41) is 3.22. The Morgan fingerprint density at radius 2 is 2.07 bits per heavy atom. The summed E-state index contributed by atoms with van der Waals surface area (Å²) >= 11 is 0. The molecular weight excluding hydrogens is 336 g/mol. The molecule has 3 rings (SSSR count). The molecule has 0 spiro atoms. The fourth-order valence-corrected chi connectivity index (χ4v) is 3.41. The highest BCUT2D eigenvalue weighted by molar-refractivity contribution is 5.92. The van der Waals surface area contributed by atoms with Crippen molar-refractivity contribution < 1.29 is 4.74 Å². The van der Waals surface area contributed by atoms with Gasteiger partial charge in [0.25, 0.3) is 0 Å². The summed E-state index contributed by atoms with van der Waals surface area (Å²) in [6.45, 7) is 7.14. The van der Waals surface area contributed by atoms with Crippen LogP contribution in [0.2, 0.25) is 0 Å². The number of nitrogens with one attached hydrogen (secondary N) is 1. The predicted octanol–water partition coefficient (Wildman–Crippen LogP) is 4.07. The molecule has 5 nitrogen and oxygen atoms in total. The molecule has 1 atom stereocenters. The van der Waals surface area contributed by atoms with Gasteiger partial charge in [0.05, 0.1) is 7.11 Å². The second-order valence-corrected chi connectivity index (χ2v) is 7.43. The van der Waals surface area contributed by atoms with Crippen LogP contribution in [-0.2, 0) is 0 Å². The smallest absolute Gasteiger partial charge is 0.193 e. The number of hydrogen-bond acceptors (Lipinski definition) is 3. The lowest BCUT2D eigenvalue weighted by Crippen LogP contribution is -2.25. The molecule has 0 aliphatic carbocycles. The number of aliphatic imine (C=N–C) groups is 1. The first-order valence-electron chi connectivity index (χ1n) is 9.61. The van der Waals surface area contributed by atoms with Crippen molar-refractivity contribution in [3.63, 3.8) is 0 Å². The number of anilines is 2. The highest BCUT2D eigenvalue weighted by Gasteiger charge is 2.22. The molecule has 0 saturated carbocycles. The summed E-state index contributed by atoms with van der Waals surface area (Å²) in [4.78, 5) is 6.96. The topological polar surface area (TPSA) is 62.9 Å². The van der Waals surface area contributed by atoms with Crippen LogP contribution in [0.5, 0.6) is 5.75 Å². The van der Waals surface area contributed by atoms with Crippen LogP contribution in [0, 0.1) is 5.92 Å². The molecule has 144 valence electrons. The van der Waals surface area contributed by atoms with Crippen LogP contribution >= 0.6 is 0 Å². The molecule has 0 radical (unpaired) electrons. The van der Waals surface area contributed by atoms with Crippen molar-refractivity contribution in [3.8, 4) is 5.75 Å². The highest BCUT2D eigenvalue weighted by atomic mass is 16.5. The number of nitrogens with two attached hydrogens (primary N) is 1. The molecule has 1 fully saturated rings. The third-order valence-electron chi connectivity index (χ3n) is 5.05. The van der Waals surface area contributed by atoms with Crippen LogP contribution in [0.25, 0.3) is 0 Å². The standard InChI is InChI=1S/C22H30N4O/c1-16(2)18-6-4-7-19(12-18)25-22(23)24-14-17-10-11-26(15-17)20-8-5-9-21(13-20)27-3/h4-9,12-13,16-17H,10-11,14-15H2,1-3H3,(H3,23,24,25). The van der Waals surface area contributed by atoms with Gasteiger partial charge in [0.1, 0.15) is 5.75 Å². The van der Waals surface area contributed by atoms with Crippen LogP contribution in [0.15, 0.2) is 53.5 Å². The summed E-state index contributed by atoms with van der Waals surface area (Å²) < 4.78 is 5.33. The Morgan fingerprint density at radius 3 is 2.85 bits per heavy atom. The van der Waals surface area contributed by atoms with Crippen molar-refractivity contribution in [3.05, 3.63) is 54.1 Å². The minimum absolute atomic E-state index is 0.482. The molecular formula is C22H30N4O. The van der Waals surface area contributed by atoms with Gasteiger partial charge in [0, 0.05) is 37.1 Å². The van der Waals surface area contributed by atoms with Crippen LogP contribution in [0.4, 0.5) is 11.4 Å². The van der Waals surface area contributed by atoms with E-state index in [9.17, 15) is 0 Å². The average molecular weight is 367 g/mol. The minimum atomic E-state index is 0.482. The normalized spacial score (nSPS) is 17.4. The third-order valence-corrected chi connectivity index (χ3v) is 5.05. The molecule has 27 heavy (non-hydrogen) atoms. The first-order chi connectivity index (χ1) is 13.0. The van der Waals surface area contributed by atoms with Crippen molar-refractivity contribution in [2.75, 3.05) is 37.0 Å². The van der Waals surface area contributed by atoms with Gasteiger partial charge in [-0.15, -0.1) is 0 Å². The lowest BCUT2D eigenvalue weighted by Gasteiger charge is -2.19. The molecule has 1 saturated heterocycles. The monoisotopic (exact) mass is 366 g/mol. The number of hydrogen-bond donors (Lipinski definition) is 2. The Morgan fingerprint density at radius 1 is 1.26 bits per heavy atom. The summed E-state index contributed by atoms with van der Waals surface area (Å²) in [5.41, 5.74) is 9.59. The zero-order valence-electron chi connectivity index (χ0n) is 16.5. The Balaban J connectivity index is 1.54. The summed E-state index contributed by atoms with van der Waals surface area (Å²) in [6.07, 6.45) is 1.12. The predicted molar refractivity (Wildman–Crippen MR) is 114 cm³/mol.